The zero-order valence-corrected chi connectivity index (χ0v) is 14.6. The van der Waals surface area contributed by atoms with Gasteiger partial charge >= 0.3 is 0 Å². The van der Waals surface area contributed by atoms with E-state index < -0.39 is 0 Å². The summed E-state index contributed by atoms with van der Waals surface area (Å²) < 4.78 is -0.160. The second kappa shape index (κ2) is 4.62. The van der Waals surface area contributed by atoms with Crippen molar-refractivity contribution in [3.63, 3.8) is 0 Å². The van der Waals surface area contributed by atoms with E-state index in [2.05, 4.69) is 84.6 Å². The molecule has 2 aliphatic heterocycles. The number of anilines is 2. The molecule has 4 heteroatoms. The Balaban J connectivity index is 1.76. The summed E-state index contributed by atoms with van der Waals surface area (Å²) in [5.41, 5.74) is 2.62. The maximum absolute atomic E-state index is 2.43. The van der Waals surface area contributed by atoms with Gasteiger partial charge in [-0.2, -0.15) is 0 Å². The van der Waals surface area contributed by atoms with Crippen molar-refractivity contribution in [2.24, 2.45) is 0 Å². The number of rotatable bonds is 0. The van der Waals surface area contributed by atoms with E-state index in [1.807, 2.05) is 23.5 Å². The van der Waals surface area contributed by atoms with Crippen molar-refractivity contribution in [2.45, 2.75) is 14.1 Å². The quantitative estimate of drug-likeness (QED) is 0.554. The van der Waals surface area contributed by atoms with Gasteiger partial charge in [0.1, 0.15) is 0 Å². The van der Waals surface area contributed by atoms with E-state index in [-0.39, 0.29) is 4.33 Å². The molecule has 0 aromatic heterocycles. The molecule has 0 amide bonds. The summed E-state index contributed by atoms with van der Waals surface area (Å²) in [4.78, 5) is 7.58. The average molecular weight is 336 g/mol. The molecule has 0 saturated heterocycles. The van der Waals surface area contributed by atoms with Crippen LogP contribution in [0.5, 0.6) is 0 Å². The molecule has 0 saturated carbocycles. The van der Waals surface area contributed by atoms with E-state index in [1.54, 1.807) is 0 Å². The molecule has 3 aromatic carbocycles. The van der Waals surface area contributed by atoms with Crippen molar-refractivity contribution in [2.75, 3.05) is 23.9 Å². The summed E-state index contributed by atoms with van der Waals surface area (Å²) >= 11 is 3.88. The topological polar surface area (TPSA) is 6.48 Å². The summed E-state index contributed by atoms with van der Waals surface area (Å²) in [5.74, 6) is 0. The average Bonchev–Trinajstić information content (AvgIpc) is 2.98. The summed E-state index contributed by atoms with van der Waals surface area (Å²) in [6.07, 6.45) is 0. The zero-order chi connectivity index (χ0) is 15.6. The van der Waals surface area contributed by atoms with Gasteiger partial charge in [0.25, 0.3) is 0 Å². The van der Waals surface area contributed by atoms with Crippen molar-refractivity contribution < 1.29 is 0 Å². The minimum atomic E-state index is -0.160. The van der Waals surface area contributed by atoms with Gasteiger partial charge in [-0.05, 0) is 29.7 Å². The Hall–Kier alpha value is -1.78. The van der Waals surface area contributed by atoms with Gasteiger partial charge in [-0.1, -0.05) is 59.9 Å². The molecule has 0 unspecified atom stereocenters. The summed E-state index contributed by atoms with van der Waals surface area (Å²) in [6, 6.07) is 21.9. The van der Waals surface area contributed by atoms with Crippen LogP contribution in [0.3, 0.4) is 0 Å². The third kappa shape index (κ3) is 1.68. The number of thioether (sulfide) groups is 2. The van der Waals surface area contributed by atoms with Gasteiger partial charge < -0.3 is 9.80 Å². The Morgan fingerprint density at radius 2 is 1.22 bits per heavy atom. The second-order valence-corrected chi connectivity index (χ2v) is 8.65. The highest BCUT2D eigenvalue weighted by Gasteiger charge is 2.50. The standard InChI is InChI=1S/C19H16N2S2/c1-20-14-9-5-7-13-8-6-10-15(18(13)14)21(2)19(20)22-16-11-3-4-12-17(16)23-19/h3-12H,1-2H3. The maximum Gasteiger partial charge on any atom is 0.220 e. The van der Waals surface area contributed by atoms with Gasteiger partial charge in [0.2, 0.25) is 4.33 Å². The van der Waals surface area contributed by atoms with Crippen LogP contribution in [0.4, 0.5) is 11.4 Å². The molecule has 5 rings (SSSR count). The van der Waals surface area contributed by atoms with Crippen LogP contribution in [0.1, 0.15) is 0 Å². The van der Waals surface area contributed by atoms with Crippen LogP contribution >= 0.6 is 23.5 Å². The minimum absolute atomic E-state index is 0.160. The Morgan fingerprint density at radius 1 is 0.696 bits per heavy atom. The van der Waals surface area contributed by atoms with E-state index in [9.17, 15) is 0 Å². The normalized spacial score (nSPS) is 17.8. The molecule has 0 fully saturated rings. The van der Waals surface area contributed by atoms with Gasteiger partial charge in [-0.25, -0.2) is 0 Å². The molecule has 23 heavy (non-hydrogen) atoms. The van der Waals surface area contributed by atoms with Crippen molar-refractivity contribution >= 4 is 45.7 Å². The molecule has 0 bridgehead atoms. The van der Waals surface area contributed by atoms with Crippen LogP contribution in [-0.4, -0.2) is 18.4 Å². The van der Waals surface area contributed by atoms with Crippen LogP contribution < -0.4 is 9.80 Å². The van der Waals surface area contributed by atoms with Crippen LogP contribution in [-0.2, 0) is 0 Å². The molecule has 3 aromatic rings. The number of fused-ring (bicyclic) bond motifs is 1. The highest BCUT2D eigenvalue weighted by Crippen LogP contribution is 2.62. The number of nitrogens with zero attached hydrogens (tertiary/aromatic N) is 2. The smallest absolute Gasteiger partial charge is 0.220 e. The largest absolute Gasteiger partial charge is 0.333 e. The lowest BCUT2D eigenvalue weighted by Crippen LogP contribution is -2.54. The second-order valence-electron chi connectivity index (χ2n) is 5.97. The fraction of sp³-hybridized carbons (Fsp3) is 0.158. The maximum atomic E-state index is 2.43. The van der Waals surface area contributed by atoms with E-state index in [1.165, 1.54) is 31.9 Å². The van der Waals surface area contributed by atoms with Gasteiger partial charge in [0.05, 0.1) is 0 Å². The third-order valence-electron chi connectivity index (χ3n) is 4.77. The Labute approximate surface area is 144 Å². The molecule has 0 atom stereocenters. The predicted octanol–water partition coefficient (Wildman–Crippen LogP) is 5.24. The van der Waals surface area contributed by atoms with Crippen molar-refractivity contribution in [3.05, 3.63) is 60.7 Å². The van der Waals surface area contributed by atoms with Gasteiger partial charge in [0.15, 0.2) is 0 Å². The lowest BCUT2D eigenvalue weighted by atomic mass is 10.0. The molecular formula is C19H16N2S2. The predicted molar refractivity (Wildman–Crippen MR) is 102 cm³/mol. The Bertz CT molecular complexity index is 866. The SMILES string of the molecule is CN1c2cccc3cccc(c23)N(C)C12Sc1ccccc1S2. The third-order valence-corrected chi connectivity index (χ3v) is 8.17. The molecule has 0 aliphatic carbocycles. The fourth-order valence-electron chi connectivity index (χ4n) is 3.59. The van der Waals surface area contributed by atoms with Crippen molar-refractivity contribution in [1.82, 2.24) is 0 Å². The highest BCUT2D eigenvalue weighted by atomic mass is 32.2. The van der Waals surface area contributed by atoms with E-state index >= 15 is 0 Å². The summed E-state index contributed by atoms with van der Waals surface area (Å²) in [7, 11) is 4.43. The fourth-order valence-corrected chi connectivity index (χ4v) is 6.69. The first-order valence-electron chi connectivity index (χ1n) is 7.67. The molecule has 114 valence electrons. The molecule has 2 aliphatic rings. The molecule has 2 heterocycles. The van der Waals surface area contributed by atoms with Crippen molar-refractivity contribution in [3.8, 4) is 0 Å². The van der Waals surface area contributed by atoms with Crippen LogP contribution in [0.2, 0.25) is 0 Å². The highest BCUT2D eigenvalue weighted by molar-refractivity contribution is 8.21. The van der Waals surface area contributed by atoms with E-state index in [0.29, 0.717) is 0 Å². The molecule has 2 nitrogen and oxygen atoms in total. The van der Waals surface area contributed by atoms with Crippen molar-refractivity contribution in [1.29, 1.82) is 0 Å². The van der Waals surface area contributed by atoms with Crippen LogP contribution in [0.15, 0.2) is 70.5 Å². The number of hydrogen-bond donors (Lipinski definition) is 0. The molecular weight excluding hydrogens is 320 g/mol. The summed E-state index contributed by atoms with van der Waals surface area (Å²) in [5, 5.41) is 2.65. The Morgan fingerprint density at radius 3 is 1.74 bits per heavy atom. The van der Waals surface area contributed by atoms with Crippen LogP contribution in [0.25, 0.3) is 10.8 Å². The molecule has 1 spiro atoms. The van der Waals surface area contributed by atoms with Gasteiger partial charge in [-0.3, -0.25) is 0 Å². The van der Waals surface area contributed by atoms with E-state index in [0.717, 1.165) is 0 Å². The van der Waals surface area contributed by atoms with Gasteiger partial charge in [0, 0.05) is 40.6 Å². The first-order chi connectivity index (χ1) is 11.2. The minimum Gasteiger partial charge on any atom is -0.333 e. The first-order valence-corrected chi connectivity index (χ1v) is 9.30. The lowest BCUT2D eigenvalue weighted by Gasteiger charge is -2.49. The molecule has 0 radical (unpaired) electrons. The number of hydrogen-bond acceptors (Lipinski definition) is 4. The van der Waals surface area contributed by atoms with Gasteiger partial charge in [-0.15, -0.1) is 0 Å². The summed E-state index contributed by atoms with van der Waals surface area (Å²) in [6.45, 7) is 0. The molecule has 0 N–H and O–H groups in total. The zero-order valence-electron chi connectivity index (χ0n) is 13.0. The monoisotopic (exact) mass is 336 g/mol. The van der Waals surface area contributed by atoms with E-state index in [4.69, 9.17) is 0 Å². The first kappa shape index (κ1) is 13.6. The number of benzene rings is 3. The van der Waals surface area contributed by atoms with Crippen LogP contribution in [0, 0.1) is 0 Å². The Kier molecular flexibility index (Phi) is 2.74. The lowest BCUT2D eigenvalue weighted by molar-refractivity contribution is 0.747.